The first-order valence-corrected chi connectivity index (χ1v) is 14.2. The zero-order chi connectivity index (χ0) is 27.0. The Kier molecular flexibility index (Phi) is 5.35. The Morgan fingerprint density at radius 2 is 1.88 bits per heavy atom. The fourth-order valence-corrected chi connectivity index (χ4v) is 7.09. The topological polar surface area (TPSA) is 98.4 Å². The molecule has 10 heteroatoms. The predicted molar refractivity (Wildman–Crippen MR) is 145 cm³/mol. The highest BCUT2D eigenvalue weighted by Crippen LogP contribution is 2.45. The molecule has 6 heterocycles. The van der Waals surface area contributed by atoms with E-state index in [1.165, 1.54) is 0 Å². The molecule has 3 amide bonds. The molecule has 8 rings (SSSR count). The number of carbonyl (C=O) groups excluding carboxylic acids is 3. The molecule has 0 spiro atoms. The number of hydrogen-bond donors (Lipinski definition) is 1. The first-order chi connectivity index (χ1) is 19.5. The molecule has 0 aliphatic carbocycles. The maximum Gasteiger partial charge on any atom is 0.246 e. The molecule has 40 heavy (non-hydrogen) atoms. The molecule has 5 aliphatic rings. The number of likely N-dealkylation sites (tertiary alicyclic amines) is 2. The Hall–Kier alpha value is -4.05. The Labute approximate surface area is 231 Å². The average molecular weight is 542 g/mol. The molecule has 2 aromatic carbocycles. The van der Waals surface area contributed by atoms with Crippen LogP contribution in [0.1, 0.15) is 35.7 Å². The van der Waals surface area contributed by atoms with Gasteiger partial charge in [0.2, 0.25) is 24.5 Å². The molecule has 206 valence electrons. The smallest absolute Gasteiger partial charge is 0.246 e. The summed E-state index contributed by atoms with van der Waals surface area (Å²) < 4.78 is 11.2. The molecule has 3 saturated heterocycles. The van der Waals surface area contributed by atoms with Gasteiger partial charge in [-0.3, -0.25) is 19.3 Å². The van der Waals surface area contributed by atoms with E-state index in [1.807, 2.05) is 41.3 Å². The van der Waals surface area contributed by atoms with E-state index >= 15 is 0 Å². The first-order valence-electron chi connectivity index (χ1n) is 14.2. The summed E-state index contributed by atoms with van der Waals surface area (Å²) in [5.74, 6) is 1.41. The zero-order valence-corrected chi connectivity index (χ0v) is 22.2. The highest BCUT2D eigenvalue weighted by Gasteiger charge is 2.50. The van der Waals surface area contributed by atoms with E-state index in [0.717, 1.165) is 60.2 Å². The van der Waals surface area contributed by atoms with Crippen LogP contribution in [0.25, 0.3) is 10.9 Å². The summed E-state index contributed by atoms with van der Waals surface area (Å²) in [6.07, 6.45) is 2.30. The lowest BCUT2D eigenvalue weighted by Gasteiger charge is -2.48. The van der Waals surface area contributed by atoms with Crippen LogP contribution < -0.4 is 9.47 Å². The number of piperazine rings is 1. The quantitative estimate of drug-likeness (QED) is 0.542. The molecule has 3 atom stereocenters. The molecular formula is C30H31N5O5. The third kappa shape index (κ3) is 3.62. The molecule has 3 aromatic rings. The zero-order valence-electron chi connectivity index (χ0n) is 22.2. The van der Waals surface area contributed by atoms with E-state index in [-0.39, 0.29) is 37.1 Å². The molecule has 1 aromatic heterocycles. The number of H-pyrrole nitrogens is 1. The van der Waals surface area contributed by atoms with Crippen LogP contribution in [-0.4, -0.2) is 100 Å². The van der Waals surface area contributed by atoms with Crippen molar-refractivity contribution in [2.75, 3.05) is 46.1 Å². The number of nitrogens with zero attached hydrogens (tertiary/aromatic N) is 4. The number of nitrogens with one attached hydrogen (secondary N) is 1. The lowest BCUT2D eigenvalue weighted by molar-refractivity contribution is -0.160. The van der Waals surface area contributed by atoms with Crippen LogP contribution in [0.5, 0.6) is 11.5 Å². The van der Waals surface area contributed by atoms with Crippen LogP contribution in [0, 0.1) is 0 Å². The van der Waals surface area contributed by atoms with Crippen LogP contribution in [0.2, 0.25) is 0 Å². The van der Waals surface area contributed by atoms with Gasteiger partial charge in [-0.15, -0.1) is 0 Å². The Bertz CT molecular complexity index is 1550. The van der Waals surface area contributed by atoms with E-state index < -0.39 is 12.1 Å². The number of aromatic nitrogens is 1. The van der Waals surface area contributed by atoms with Gasteiger partial charge in [0.1, 0.15) is 12.6 Å². The summed E-state index contributed by atoms with van der Waals surface area (Å²) >= 11 is 0. The highest BCUT2D eigenvalue weighted by molar-refractivity contribution is 5.98. The van der Waals surface area contributed by atoms with E-state index in [0.29, 0.717) is 31.0 Å². The highest BCUT2D eigenvalue weighted by atomic mass is 16.7. The van der Waals surface area contributed by atoms with Gasteiger partial charge in [0.25, 0.3) is 0 Å². The summed E-state index contributed by atoms with van der Waals surface area (Å²) in [4.78, 5) is 51.9. The molecule has 0 saturated carbocycles. The van der Waals surface area contributed by atoms with Crippen molar-refractivity contribution in [3.05, 3.63) is 59.3 Å². The lowest BCUT2D eigenvalue weighted by atomic mass is 9.85. The van der Waals surface area contributed by atoms with E-state index in [2.05, 4.69) is 16.0 Å². The number of para-hydroxylation sites is 1. The monoisotopic (exact) mass is 541 g/mol. The molecule has 0 bridgehead atoms. The minimum Gasteiger partial charge on any atom is -0.454 e. The fraction of sp³-hybridized carbons (Fsp3) is 0.433. The van der Waals surface area contributed by atoms with Crippen LogP contribution in [0.3, 0.4) is 0 Å². The van der Waals surface area contributed by atoms with Gasteiger partial charge in [-0.05, 0) is 42.2 Å². The number of rotatable bonds is 4. The number of fused-ring (bicyclic) bond motifs is 5. The molecule has 0 unspecified atom stereocenters. The van der Waals surface area contributed by atoms with Crippen molar-refractivity contribution in [1.82, 2.24) is 24.6 Å². The molecule has 1 N–H and O–H groups in total. The van der Waals surface area contributed by atoms with Gasteiger partial charge >= 0.3 is 0 Å². The van der Waals surface area contributed by atoms with Gasteiger partial charge in [0, 0.05) is 55.2 Å². The Morgan fingerprint density at radius 3 is 2.73 bits per heavy atom. The van der Waals surface area contributed by atoms with Crippen LogP contribution in [0.15, 0.2) is 42.5 Å². The van der Waals surface area contributed by atoms with Crippen molar-refractivity contribution in [2.45, 2.75) is 37.4 Å². The van der Waals surface area contributed by atoms with Crippen molar-refractivity contribution < 1.29 is 23.9 Å². The largest absolute Gasteiger partial charge is 0.454 e. The SMILES string of the molecule is O=C(CN1CC[C@@H](N2CC(=O)N3[C@H](c4ccc5c(c4)OCO5)c4[nH]c5ccccc5c4C[C@@H]3C2=O)C1)N1CCC1. The van der Waals surface area contributed by atoms with Crippen LogP contribution in [0.4, 0.5) is 0 Å². The van der Waals surface area contributed by atoms with Gasteiger partial charge in [-0.2, -0.15) is 0 Å². The molecular weight excluding hydrogens is 510 g/mol. The van der Waals surface area contributed by atoms with Gasteiger partial charge in [0.05, 0.1) is 12.6 Å². The molecule has 3 fully saturated rings. The first kappa shape index (κ1) is 23.8. The van der Waals surface area contributed by atoms with Crippen molar-refractivity contribution in [1.29, 1.82) is 0 Å². The summed E-state index contributed by atoms with van der Waals surface area (Å²) in [7, 11) is 0. The summed E-state index contributed by atoms with van der Waals surface area (Å²) in [5.41, 5.74) is 3.90. The van der Waals surface area contributed by atoms with Gasteiger partial charge in [-0.1, -0.05) is 24.3 Å². The standard InChI is InChI=1S/C30H31N5O5/c36-26(33-9-3-10-33)15-32-11-8-19(14-32)34-16-27(37)35-23(30(34)38)13-21-20-4-1-2-5-22(20)31-28(21)29(35)18-6-7-24-25(12-18)40-17-39-24/h1-2,4-7,12,19,23,29,31H,3,8-11,13-17H2/t19-,23-,29-/m1/s1. The number of carbonyl (C=O) groups is 3. The number of aromatic amines is 1. The minimum absolute atomic E-state index is 0.0119. The minimum atomic E-state index is -0.597. The maximum atomic E-state index is 14.2. The molecule has 10 nitrogen and oxygen atoms in total. The van der Waals surface area contributed by atoms with Crippen LogP contribution in [-0.2, 0) is 20.8 Å². The molecule has 5 aliphatic heterocycles. The van der Waals surface area contributed by atoms with Crippen molar-refractivity contribution in [3.8, 4) is 11.5 Å². The van der Waals surface area contributed by atoms with Crippen LogP contribution >= 0.6 is 0 Å². The summed E-state index contributed by atoms with van der Waals surface area (Å²) in [5, 5.41) is 1.08. The Morgan fingerprint density at radius 1 is 1.02 bits per heavy atom. The van der Waals surface area contributed by atoms with E-state index in [1.54, 1.807) is 9.80 Å². The molecule has 0 radical (unpaired) electrons. The lowest BCUT2D eigenvalue weighted by Crippen LogP contribution is -2.65. The number of benzene rings is 2. The third-order valence-corrected chi connectivity index (χ3v) is 9.26. The van der Waals surface area contributed by atoms with Crippen molar-refractivity contribution >= 4 is 28.6 Å². The summed E-state index contributed by atoms with van der Waals surface area (Å²) in [6.45, 7) is 3.65. The predicted octanol–water partition coefficient (Wildman–Crippen LogP) is 1.89. The number of hydrogen-bond acceptors (Lipinski definition) is 6. The van der Waals surface area contributed by atoms with E-state index in [4.69, 9.17) is 9.47 Å². The van der Waals surface area contributed by atoms with Crippen molar-refractivity contribution in [3.63, 3.8) is 0 Å². The van der Waals surface area contributed by atoms with Crippen molar-refractivity contribution in [2.24, 2.45) is 0 Å². The van der Waals surface area contributed by atoms with E-state index in [9.17, 15) is 14.4 Å². The second kappa shape index (κ2) is 8.99. The van der Waals surface area contributed by atoms with Gasteiger partial charge in [-0.25, -0.2) is 0 Å². The second-order valence-corrected chi connectivity index (χ2v) is 11.5. The summed E-state index contributed by atoms with van der Waals surface area (Å²) in [6, 6.07) is 12.8. The Balaban J connectivity index is 1.12. The fourth-order valence-electron chi connectivity index (χ4n) is 7.09. The van der Waals surface area contributed by atoms with Gasteiger partial charge in [0.15, 0.2) is 11.5 Å². The number of ether oxygens (including phenoxy) is 2. The normalized spacial score (nSPS) is 25.8. The van der Waals surface area contributed by atoms with Gasteiger partial charge < -0.3 is 29.2 Å². The maximum absolute atomic E-state index is 14.2. The third-order valence-electron chi connectivity index (χ3n) is 9.26. The average Bonchev–Trinajstić information content (AvgIpc) is 3.66. The second-order valence-electron chi connectivity index (χ2n) is 11.5. The number of amides is 3.